The molecule has 126 valence electrons. The Morgan fingerprint density at radius 3 is 1.36 bits per heavy atom. The van der Waals surface area contributed by atoms with Crippen molar-refractivity contribution in [1.82, 2.24) is 10.6 Å². The van der Waals surface area contributed by atoms with E-state index in [1.54, 1.807) is 0 Å². The molecule has 0 aliphatic carbocycles. The highest BCUT2D eigenvalue weighted by Crippen LogP contribution is 1.97. The first-order chi connectivity index (χ1) is 10.5. The molecule has 0 spiro atoms. The van der Waals surface area contributed by atoms with E-state index in [2.05, 4.69) is 20.1 Å². The van der Waals surface area contributed by atoms with Gasteiger partial charge < -0.3 is 20.1 Å². The van der Waals surface area contributed by atoms with Crippen molar-refractivity contribution >= 4 is 23.8 Å². The van der Waals surface area contributed by atoms with Crippen molar-refractivity contribution in [1.29, 1.82) is 0 Å². The number of esters is 2. The molecule has 0 atom stereocenters. The number of ether oxygens (including phenoxy) is 2. The van der Waals surface area contributed by atoms with Crippen molar-refractivity contribution < 1.29 is 28.7 Å². The average molecular weight is 316 g/mol. The van der Waals surface area contributed by atoms with Crippen LogP contribution >= 0.6 is 0 Å². The second-order valence-corrected chi connectivity index (χ2v) is 4.56. The van der Waals surface area contributed by atoms with E-state index < -0.39 is 0 Å². The highest BCUT2D eigenvalue weighted by atomic mass is 16.5. The Hall–Kier alpha value is -2.12. The Morgan fingerprint density at radius 2 is 1.05 bits per heavy atom. The predicted molar refractivity (Wildman–Crippen MR) is 77.8 cm³/mol. The minimum absolute atomic E-state index is 0.177. The summed E-state index contributed by atoms with van der Waals surface area (Å²) in [7, 11) is 2.60. The molecule has 0 aromatic heterocycles. The van der Waals surface area contributed by atoms with Crippen LogP contribution in [0.1, 0.15) is 38.5 Å². The van der Waals surface area contributed by atoms with Crippen LogP contribution in [0, 0.1) is 0 Å². The maximum absolute atomic E-state index is 11.4. The lowest BCUT2D eigenvalue weighted by Gasteiger charge is -2.07. The molecule has 8 heteroatoms. The molecule has 22 heavy (non-hydrogen) atoms. The SMILES string of the molecule is COC(=O)CCCC(=O)NCCNC(=O)CCCC(=O)OC. The fourth-order valence-corrected chi connectivity index (χ4v) is 1.57. The molecular formula is C14H24N2O6. The molecule has 2 N–H and O–H groups in total. The molecular weight excluding hydrogens is 292 g/mol. The number of nitrogens with one attached hydrogen (secondary N) is 2. The number of methoxy groups -OCH3 is 2. The maximum Gasteiger partial charge on any atom is 0.305 e. The van der Waals surface area contributed by atoms with Crippen molar-refractivity contribution in [2.45, 2.75) is 38.5 Å². The van der Waals surface area contributed by atoms with E-state index in [0.29, 0.717) is 25.9 Å². The van der Waals surface area contributed by atoms with Gasteiger partial charge in [0.25, 0.3) is 0 Å². The Balaban J connectivity index is 3.50. The van der Waals surface area contributed by atoms with Gasteiger partial charge in [-0.2, -0.15) is 0 Å². The zero-order chi connectivity index (χ0) is 16.8. The second-order valence-electron chi connectivity index (χ2n) is 4.56. The molecule has 0 heterocycles. The maximum atomic E-state index is 11.4. The lowest BCUT2D eigenvalue weighted by atomic mass is 10.2. The summed E-state index contributed by atoms with van der Waals surface area (Å²) < 4.78 is 8.93. The van der Waals surface area contributed by atoms with Gasteiger partial charge in [0.15, 0.2) is 0 Å². The lowest BCUT2D eigenvalue weighted by molar-refractivity contribution is -0.141. The van der Waals surface area contributed by atoms with Crippen molar-refractivity contribution in [3.63, 3.8) is 0 Å². The molecule has 0 fully saturated rings. The van der Waals surface area contributed by atoms with E-state index in [4.69, 9.17) is 0 Å². The van der Waals surface area contributed by atoms with Crippen LogP contribution in [-0.4, -0.2) is 51.1 Å². The van der Waals surface area contributed by atoms with Gasteiger partial charge in [0.2, 0.25) is 11.8 Å². The van der Waals surface area contributed by atoms with E-state index in [-0.39, 0.29) is 49.4 Å². The van der Waals surface area contributed by atoms with Crippen LogP contribution in [0.3, 0.4) is 0 Å². The van der Waals surface area contributed by atoms with E-state index >= 15 is 0 Å². The summed E-state index contributed by atoms with van der Waals surface area (Å²) in [5, 5.41) is 5.27. The first-order valence-electron chi connectivity index (χ1n) is 7.16. The predicted octanol–water partition coefficient (Wildman–Crippen LogP) is -0.0946. The van der Waals surface area contributed by atoms with Gasteiger partial charge in [-0.25, -0.2) is 0 Å². The monoisotopic (exact) mass is 316 g/mol. The first-order valence-corrected chi connectivity index (χ1v) is 7.16. The molecule has 8 nitrogen and oxygen atoms in total. The fourth-order valence-electron chi connectivity index (χ4n) is 1.57. The fraction of sp³-hybridized carbons (Fsp3) is 0.714. The van der Waals surface area contributed by atoms with Crippen LogP contribution < -0.4 is 10.6 Å². The highest BCUT2D eigenvalue weighted by molar-refractivity contribution is 5.78. The van der Waals surface area contributed by atoms with E-state index in [1.165, 1.54) is 14.2 Å². The minimum atomic E-state index is -0.341. The Morgan fingerprint density at radius 1 is 0.682 bits per heavy atom. The van der Waals surface area contributed by atoms with Crippen LogP contribution in [0.25, 0.3) is 0 Å². The van der Waals surface area contributed by atoms with Crippen LogP contribution in [0.4, 0.5) is 0 Å². The Labute approximate surface area is 129 Å². The summed E-state index contributed by atoms with van der Waals surface area (Å²) in [5.74, 6) is -1.04. The molecule has 0 aromatic rings. The van der Waals surface area contributed by atoms with E-state index in [1.807, 2.05) is 0 Å². The summed E-state index contributed by atoms with van der Waals surface area (Å²) in [6, 6.07) is 0. The Kier molecular flexibility index (Phi) is 11.4. The molecule has 0 aromatic carbocycles. The van der Waals surface area contributed by atoms with Gasteiger partial charge in [-0.05, 0) is 12.8 Å². The minimum Gasteiger partial charge on any atom is -0.469 e. The first kappa shape index (κ1) is 19.9. The summed E-state index contributed by atoms with van der Waals surface area (Å²) in [5.41, 5.74) is 0. The number of rotatable bonds is 11. The number of hydrogen-bond donors (Lipinski definition) is 2. The smallest absolute Gasteiger partial charge is 0.305 e. The largest absolute Gasteiger partial charge is 0.469 e. The van der Waals surface area contributed by atoms with Crippen molar-refractivity contribution in [3.8, 4) is 0 Å². The normalized spacial score (nSPS) is 9.73. The third-order valence-electron chi connectivity index (χ3n) is 2.79. The van der Waals surface area contributed by atoms with Gasteiger partial charge >= 0.3 is 11.9 Å². The zero-order valence-corrected chi connectivity index (χ0v) is 13.1. The highest BCUT2D eigenvalue weighted by Gasteiger charge is 2.06. The van der Waals surface area contributed by atoms with Crippen LogP contribution in [0.2, 0.25) is 0 Å². The zero-order valence-electron chi connectivity index (χ0n) is 13.1. The van der Waals surface area contributed by atoms with Crippen LogP contribution in [0.5, 0.6) is 0 Å². The van der Waals surface area contributed by atoms with E-state index in [9.17, 15) is 19.2 Å². The van der Waals surface area contributed by atoms with Crippen LogP contribution in [-0.2, 0) is 28.7 Å². The van der Waals surface area contributed by atoms with E-state index in [0.717, 1.165) is 0 Å². The third kappa shape index (κ3) is 11.7. The molecule has 0 rings (SSSR count). The van der Waals surface area contributed by atoms with Gasteiger partial charge in [0, 0.05) is 38.8 Å². The molecule has 0 saturated heterocycles. The van der Waals surface area contributed by atoms with Gasteiger partial charge in [-0.1, -0.05) is 0 Å². The quantitative estimate of drug-likeness (QED) is 0.407. The molecule has 0 unspecified atom stereocenters. The topological polar surface area (TPSA) is 111 Å². The molecule has 0 radical (unpaired) electrons. The van der Waals surface area contributed by atoms with Crippen molar-refractivity contribution in [2.75, 3.05) is 27.3 Å². The van der Waals surface area contributed by atoms with Gasteiger partial charge in [0.05, 0.1) is 14.2 Å². The molecule has 0 aliphatic heterocycles. The number of carbonyl (C=O) groups excluding carboxylic acids is 4. The summed E-state index contributed by atoms with van der Waals surface area (Å²) in [6.07, 6.45) is 1.75. The lowest BCUT2D eigenvalue weighted by Crippen LogP contribution is -2.34. The molecule has 0 saturated carbocycles. The molecule has 2 amide bonds. The number of amides is 2. The van der Waals surface area contributed by atoms with Crippen LogP contribution in [0.15, 0.2) is 0 Å². The number of hydrogen-bond acceptors (Lipinski definition) is 6. The van der Waals surface area contributed by atoms with Gasteiger partial charge in [-0.15, -0.1) is 0 Å². The number of carbonyl (C=O) groups is 4. The summed E-state index contributed by atoms with van der Waals surface area (Å²) in [6.45, 7) is 0.638. The van der Waals surface area contributed by atoms with Crippen molar-refractivity contribution in [2.24, 2.45) is 0 Å². The third-order valence-corrected chi connectivity index (χ3v) is 2.79. The summed E-state index contributed by atoms with van der Waals surface area (Å²) in [4.78, 5) is 44.5. The summed E-state index contributed by atoms with van der Waals surface area (Å²) >= 11 is 0. The average Bonchev–Trinajstić information content (AvgIpc) is 2.51. The Bertz CT molecular complexity index is 348. The van der Waals surface area contributed by atoms with Crippen molar-refractivity contribution in [3.05, 3.63) is 0 Å². The van der Waals surface area contributed by atoms with Gasteiger partial charge in [-0.3, -0.25) is 19.2 Å². The molecule has 0 aliphatic rings. The molecule has 0 bridgehead atoms. The second kappa shape index (κ2) is 12.6. The van der Waals surface area contributed by atoms with Gasteiger partial charge in [0.1, 0.15) is 0 Å². The standard InChI is InChI=1S/C14H24N2O6/c1-21-13(19)7-3-5-11(17)15-9-10-16-12(18)6-4-8-14(20)22-2/h3-10H2,1-2H3,(H,15,17)(H,16,18).